The molecule has 0 unspecified atom stereocenters. The number of carbonyl (C=O) groups excluding carboxylic acids is 1. The molecule has 4 aliphatic rings. The molecule has 1 aromatic carbocycles. The summed E-state index contributed by atoms with van der Waals surface area (Å²) in [6.45, 7) is 0.262. The largest absolute Gasteiger partial charge is 0.491 e. The summed E-state index contributed by atoms with van der Waals surface area (Å²) in [4.78, 5) is 27.7. The van der Waals surface area contributed by atoms with Gasteiger partial charge in [-0.1, -0.05) is 12.1 Å². The van der Waals surface area contributed by atoms with Crippen molar-refractivity contribution in [1.29, 1.82) is 0 Å². The van der Waals surface area contributed by atoms with Crippen LogP contribution in [0.1, 0.15) is 46.9 Å². The Balaban J connectivity index is 1.15. The topological polar surface area (TPSA) is 98.6 Å². The van der Waals surface area contributed by atoms with Gasteiger partial charge in [-0.15, -0.1) is 0 Å². The summed E-state index contributed by atoms with van der Waals surface area (Å²) in [7, 11) is 1.69. The highest BCUT2D eigenvalue weighted by Crippen LogP contribution is 2.78. The Labute approximate surface area is 202 Å². The number of ether oxygens (including phenoxy) is 1. The van der Waals surface area contributed by atoms with E-state index >= 15 is 0 Å². The number of hydrogen-bond donors (Lipinski definition) is 1. The minimum Gasteiger partial charge on any atom is -0.491 e. The number of hydrogen-bond acceptors (Lipinski definition) is 6. The molecule has 184 valence electrons. The number of imidazole rings is 1. The molecule has 36 heavy (non-hydrogen) atoms. The van der Waals surface area contributed by atoms with Gasteiger partial charge in [0.25, 0.3) is 5.91 Å². The number of halogens is 3. The predicted molar refractivity (Wildman–Crippen MR) is 123 cm³/mol. The number of alkyl halides is 3. The summed E-state index contributed by atoms with van der Waals surface area (Å²) in [5.41, 5.74) is 7.87. The van der Waals surface area contributed by atoms with Crippen LogP contribution in [0.25, 0.3) is 16.6 Å². The number of likely N-dealkylation sites (N-methyl/N-ethyl adjacent to an activating group) is 1. The Kier molecular flexibility index (Phi) is 3.95. The van der Waals surface area contributed by atoms with Crippen LogP contribution in [0.2, 0.25) is 0 Å². The summed E-state index contributed by atoms with van der Waals surface area (Å²) in [6.07, 6.45) is 1.00. The van der Waals surface area contributed by atoms with Gasteiger partial charge in [-0.3, -0.25) is 9.20 Å². The van der Waals surface area contributed by atoms with E-state index in [4.69, 9.17) is 10.5 Å². The molecular weight excluding hydrogens is 473 g/mol. The molecule has 3 saturated carbocycles. The Morgan fingerprint density at radius 2 is 1.97 bits per heavy atom. The normalized spacial score (nSPS) is 26.3. The van der Waals surface area contributed by atoms with Gasteiger partial charge in [0.1, 0.15) is 34.9 Å². The average Bonchev–Trinajstić information content (AvgIpc) is 3.43. The van der Waals surface area contributed by atoms with Gasteiger partial charge >= 0.3 is 6.18 Å². The van der Waals surface area contributed by atoms with E-state index in [2.05, 4.69) is 15.0 Å². The third-order valence-corrected chi connectivity index (χ3v) is 8.28. The number of rotatable bonds is 3. The average molecular weight is 494 g/mol. The van der Waals surface area contributed by atoms with Crippen LogP contribution in [0.5, 0.6) is 5.75 Å². The van der Waals surface area contributed by atoms with Crippen LogP contribution >= 0.6 is 0 Å². The number of amides is 1. The fraction of sp³-hybridized carbons (Fsp3) is 0.360. The Morgan fingerprint density at radius 3 is 2.72 bits per heavy atom. The van der Waals surface area contributed by atoms with Crippen molar-refractivity contribution in [1.82, 2.24) is 24.3 Å². The highest BCUT2D eigenvalue weighted by atomic mass is 19.4. The van der Waals surface area contributed by atoms with Crippen molar-refractivity contribution >= 4 is 28.3 Å². The molecule has 0 spiro atoms. The van der Waals surface area contributed by atoms with Crippen molar-refractivity contribution in [2.75, 3.05) is 19.4 Å². The van der Waals surface area contributed by atoms with Crippen LogP contribution in [0.3, 0.4) is 0 Å². The number of anilines is 1. The second-order valence-electron chi connectivity index (χ2n) is 10.3. The van der Waals surface area contributed by atoms with Crippen LogP contribution in [-0.4, -0.2) is 50.0 Å². The number of aromatic nitrogens is 4. The third-order valence-electron chi connectivity index (χ3n) is 8.28. The number of nitrogens with two attached hydrogens (primary N) is 1. The molecule has 3 fully saturated rings. The van der Waals surface area contributed by atoms with Gasteiger partial charge in [0, 0.05) is 12.6 Å². The van der Waals surface area contributed by atoms with E-state index in [-0.39, 0.29) is 43.5 Å². The van der Waals surface area contributed by atoms with Crippen molar-refractivity contribution < 1.29 is 22.7 Å². The van der Waals surface area contributed by atoms with E-state index in [0.29, 0.717) is 28.1 Å². The molecule has 4 heterocycles. The molecule has 3 aliphatic carbocycles. The van der Waals surface area contributed by atoms with Crippen molar-refractivity contribution in [3.63, 3.8) is 0 Å². The molecule has 0 saturated heterocycles. The molecule has 8 nitrogen and oxygen atoms in total. The number of nitrogens with zero attached hydrogens (tertiary/aromatic N) is 5. The van der Waals surface area contributed by atoms with Crippen LogP contribution in [0.4, 0.5) is 19.0 Å². The molecular formula is C25H21F3N6O2. The van der Waals surface area contributed by atoms with E-state index in [1.54, 1.807) is 34.9 Å². The lowest BCUT2D eigenvalue weighted by molar-refractivity contribution is -0.337. The molecule has 0 radical (unpaired) electrons. The molecule has 2 bridgehead atoms. The zero-order chi connectivity index (χ0) is 25.0. The van der Waals surface area contributed by atoms with Crippen LogP contribution < -0.4 is 10.5 Å². The molecule has 4 aromatic rings. The standard InChI is InChI=1S/C25H21F3N6O2/c1-33(22(35)15-5-17-16(6-31-15)32-21(29)18-7-30-12-34(17)18)19-8-36-20-4-13(2-3-14(19)20)23-9-24(10-23,11-23)25(26,27)28/h2-7,12,19H,8-11H2,1H3,(H2,29,32)/t19-,23?,24?/m1/s1. The van der Waals surface area contributed by atoms with E-state index in [1.807, 2.05) is 18.2 Å². The zero-order valence-corrected chi connectivity index (χ0v) is 19.2. The minimum atomic E-state index is -4.14. The molecule has 3 aromatic heterocycles. The highest BCUT2D eigenvalue weighted by molar-refractivity contribution is 5.96. The summed E-state index contributed by atoms with van der Waals surface area (Å²) < 4.78 is 47.5. The second kappa shape index (κ2) is 6.65. The third kappa shape index (κ3) is 2.65. The Bertz CT molecular complexity index is 1580. The SMILES string of the molecule is CN(C(=O)c1cc2c(cn1)nc(N)c1cncn12)[C@@H]1COc2cc(C34CC(C(F)(F)F)(C3)C4)ccc21. The van der Waals surface area contributed by atoms with Gasteiger partial charge < -0.3 is 15.4 Å². The predicted octanol–water partition coefficient (Wildman–Crippen LogP) is 4.05. The fourth-order valence-electron chi connectivity index (χ4n) is 6.26. The maximum atomic E-state index is 13.4. The monoisotopic (exact) mass is 494 g/mol. The van der Waals surface area contributed by atoms with Gasteiger partial charge in [0.05, 0.1) is 35.7 Å². The summed E-state index contributed by atoms with van der Waals surface area (Å²) in [6, 6.07) is 6.94. The van der Waals surface area contributed by atoms with Gasteiger partial charge in [0.2, 0.25) is 0 Å². The second-order valence-corrected chi connectivity index (χ2v) is 10.3. The quantitative estimate of drug-likeness (QED) is 0.462. The molecule has 1 atom stereocenters. The van der Waals surface area contributed by atoms with E-state index < -0.39 is 17.0 Å². The van der Waals surface area contributed by atoms with Crippen LogP contribution in [-0.2, 0) is 5.41 Å². The number of benzene rings is 1. The lowest BCUT2D eigenvalue weighted by Gasteiger charge is -2.71. The molecule has 8 rings (SSSR count). The first-order valence-corrected chi connectivity index (χ1v) is 11.6. The van der Waals surface area contributed by atoms with Gasteiger partial charge in [-0.05, 0) is 42.4 Å². The Morgan fingerprint density at radius 1 is 1.19 bits per heavy atom. The summed E-state index contributed by atoms with van der Waals surface area (Å²) >= 11 is 0. The fourth-order valence-corrected chi connectivity index (χ4v) is 6.26. The Hall–Kier alpha value is -3.89. The van der Waals surface area contributed by atoms with Crippen LogP contribution in [0.15, 0.2) is 43.0 Å². The molecule has 1 aliphatic heterocycles. The zero-order valence-electron chi connectivity index (χ0n) is 19.2. The van der Waals surface area contributed by atoms with E-state index in [9.17, 15) is 18.0 Å². The highest BCUT2D eigenvalue weighted by Gasteiger charge is 2.78. The maximum Gasteiger partial charge on any atom is 0.394 e. The van der Waals surface area contributed by atoms with Crippen molar-refractivity contribution in [3.8, 4) is 5.75 Å². The number of fused-ring (bicyclic) bond motifs is 4. The first kappa shape index (κ1) is 21.4. The van der Waals surface area contributed by atoms with Crippen molar-refractivity contribution in [2.24, 2.45) is 5.41 Å². The smallest absolute Gasteiger partial charge is 0.394 e. The lowest BCUT2D eigenvalue weighted by Crippen LogP contribution is -2.70. The van der Waals surface area contributed by atoms with Gasteiger partial charge in [0.15, 0.2) is 0 Å². The first-order chi connectivity index (χ1) is 17.1. The van der Waals surface area contributed by atoms with Crippen LogP contribution in [0, 0.1) is 5.41 Å². The minimum absolute atomic E-state index is 0.141. The maximum absolute atomic E-state index is 13.4. The lowest BCUT2D eigenvalue weighted by atomic mass is 9.33. The van der Waals surface area contributed by atoms with E-state index in [1.165, 1.54) is 6.20 Å². The number of pyridine rings is 1. The van der Waals surface area contributed by atoms with Gasteiger partial charge in [-0.25, -0.2) is 15.0 Å². The van der Waals surface area contributed by atoms with E-state index in [0.717, 1.165) is 11.1 Å². The summed E-state index contributed by atoms with van der Waals surface area (Å²) in [5, 5.41) is 0. The van der Waals surface area contributed by atoms with Gasteiger partial charge in [-0.2, -0.15) is 13.2 Å². The number of carbonyl (C=O) groups is 1. The first-order valence-electron chi connectivity index (χ1n) is 11.6. The van der Waals surface area contributed by atoms with Crippen molar-refractivity contribution in [3.05, 3.63) is 59.8 Å². The molecule has 1 amide bonds. The summed E-state index contributed by atoms with van der Waals surface area (Å²) in [5.74, 6) is 0.651. The number of nitrogen functional groups attached to an aromatic ring is 1. The van der Waals surface area contributed by atoms with Crippen molar-refractivity contribution in [2.45, 2.75) is 36.9 Å². The molecule has 2 N–H and O–H groups in total. The molecule has 11 heteroatoms.